The van der Waals surface area contributed by atoms with E-state index >= 15 is 0 Å². The average molecular weight is 421 g/mol. The Labute approximate surface area is 152 Å². The van der Waals surface area contributed by atoms with E-state index in [1.165, 1.54) is 18.5 Å². The highest BCUT2D eigenvalue weighted by Gasteiger charge is 2.08. The number of hydrogen-bond acceptors (Lipinski definition) is 2. The zero-order valence-corrected chi connectivity index (χ0v) is 17.0. The van der Waals surface area contributed by atoms with Crippen LogP contribution in [0.15, 0.2) is 23.3 Å². The third-order valence-corrected chi connectivity index (χ3v) is 3.69. The number of nitrogens with one attached hydrogen (secondary N) is 1. The first-order valence-corrected chi connectivity index (χ1v) is 7.79. The summed E-state index contributed by atoms with van der Waals surface area (Å²) in [4.78, 5) is 8.88. The van der Waals surface area contributed by atoms with Crippen LogP contribution in [0.1, 0.15) is 25.5 Å². The van der Waals surface area contributed by atoms with Gasteiger partial charge in [0.15, 0.2) is 5.96 Å². The van der Waals surface area contributed by atoms with E-state index in [0.29, 0.717) is 0 Å². The van der Waals surface area contributed by atoms with Gasteiger partial charge in [0.25, 0.3) is 0 Å². The lowest BCUT2D eigenvalue weighted by molar-refractivity contribution is 0.329. The Morgan fingerprint density at radius 2 is 2.05 bits per heavy atom. The molecule has 0 amide bonds. The number of likely N-dealkylation sites (N-methyl/N-ethyl adjacent to an activating group) is 1. The van der Waals surface area contributed by atoms with Crippen molar-refractivity contribution in [1.29, 1.82) is 0 Å². The van der Waals surface area contributed by atoms with Gasteiger partial charge < -0.3 is 19.7 Å². The predicted octanol–water partition coefficient (Wildman–Crippen LogP) is 2.38. The molecule has 1 N–H and O–H groups in total. The third-order valence-electron chi connectivity index (χ3n) is 3.69. The molecule has 1 aromatic heterocycles. The molecular formula is C16H32IN5. The quantitative estimate of drug-likeness (QED) is 0.398. The van der Waals surface area contributed by atoms with Crippen LogP contribution in [0.2, 0.25) is 0 Å². The first-order chi connectivity index (χ1) is 10.1. The predicted molar refractivity (Wildman–Crippen MR) is 106 cm³/mol. The summed E-state index contributed by atoms with van der Waals surface area (Å²) in [5.41, 5.74) is 1.28. The van der Waals surface area contributed by atoms with Crippen LogP contribution in [0.25, 0.3) is 0 Å². The Balaban J connectivity index is 0.00000441. The van der Waals surface area contributed by atoms with Crippen molar-refractivity contribution < 1.29 is 0 Å². The van der Waals surface area contributed by atoms with Gasteiger partial charge >= 0.3 is 0 Å². The van der Waals surface area contributed by atoms with E-state index in [4.69, 9.17) is 0 Å². The number of guanidine groups is 1. The minimum atomic E-state index is 0. The minimum Gasteiger partial charge on any atom is -0.355 e. The molecule has 0 fully saturated rings. The number of nitrogens with zero attached hydrogens (tertiary/aromatic N) is 4. The van der Waals surface area contributed by atoms with Crippen molar-refractivity contribution >= 4 is 29.9 Å². The highest BCUT2D eigenvalue weighted by atomic mass is 127. The molecule has 0 saturated heterocycles. The maximum absolute atomic E-state index is 4.36. The van der Waals surface area contributed by atoms with Gasteiger partial charge in [-0.2, -0.15) is 0 Å². The molecule has 1 heterocycles. The maximum Gasteiger partial charge on any atom is 0.193 e. The fourth-order valence-corrected chi connectivity index (χ4v) is 2.26. The molecule has 0 aromatic carbocycles. The average Bonchev–Trinajstić information content (AvgIpc) is 2.86. The van der Waals surface area contributed by atoms with Crippen LogP contribution in [0.3, 0.4) is 0 Å². The zero-order valence-electron chi connectivity index (χ0n) is 14.7. The topological polar surface area (TPSA) is 35.8 Å². The van der Waals surface area contributed by atoms with Gasteiger partial charge in [-0.05, 0) is 32.1 Å². The van der Waals surface area contributed by atoms with E-state index in [1.54, 1.807) is 0 Å². The van der Waals surface area contributed by atoms with Crippen molar-refractivity contribution in [3.63, 3.8) is 0 Å². The number of halogens is 1. The van der Waals surface area contributed by atoms with E-state index in [-0.39, 0.29) is 24.0 Å². The summed E-state index contributed by atoms with van der Waals surface area (Å²) in [5, 5.41) is 3.43. The number of aryl methyl sites for hydroxylation is 1. The normalized spacial score (nSPS) is 11.5. The minimum absolute atomic E-state index is 0. The fraction of sp³-hybridized carbons (Fsp3) is 0.688. The molecule has 0 radical (unpaired) electrons. The molecule has 128 valence electrons. The molecule has 0 aliphatic carbocycles. The fourth-order valence-electron chi connectivity index (χ4n) is 2.26. The summed E-state index contributed by atoms with van der Waals surface area (Å²) < 4.78 is 2.14. The van der Waals surface area contributed by atoms with Gasteiger partial charge in [0.1, 0.15) is 0 Å². The smallest absolute Gasteiger partial charge is 0.193 e. The van der Waals surface area contributed by atoms with Crippen LogP contribution >= 0.6 is 24.0 Å². The third kappa shape index (κ3) is 7.49. The second-order valence-electron chi connectivity index (χ2n) is 5.60. The summed E-state index contributed by atoms with van der Waals surface area (Å²) in [6.07, 6.45) is 4.58. The number of unbranched alkanes of at least 4 members (excludes halogenated alkanes) is 1. The first-order valence-electron chi connectivity index (χ1n) is 7.79. The van der Waals surface area contributed by atoms with Crippen molar-refractivity contribution in [2.75, 3.05) is 40.8 Å². The van der Waals surface area contributed by atoms with E-state index < -0.39 is 0 Å². The molecule has 6 heteroatoms. The Bertz CT molecular complexity index is 430. The lowest BCUT2D eigenvalue weighted by Gasteiger charge is -2.23. The summed E-state index contributed by atoms with van der Waals surface area (Å²) in [7, 11) is 8.16. The summed E-state index contributed by atoms with van der Waals surface area (Å²) in [6.45, 7) is 6.21. The van der Waals surface area contributed by atoms with Gasteiger partial charge in [-0.15, -0.1) is 24.0 Å². The van der Waals surface area contributed by atoms with Crippen LogP contribution in [0.4, 0.5) is 0 Å². The highest BCUT2D eigenvalue weighted by Crippen LogP contribution is 2.03. The van der Waals surface area contributed by atoms with Crippen molar-refractivity contribution in [2.45, 2.75) is 26.3 Å². The van der Waals surface area contributed by atoms with Gasteiger partial charge in [0, 0.05) is 46.1 Å². The number of rotatable bonds is 8. The van der Waals surface area contributed by atoms with Crippen molar-refractivity contribution in [3.05, 3.63) is 24.0 Å². The van der Waals surface area contributed by atoms with Crippen LogP contribution in [-0.4, -0.2) is 61.1 Å². The second-order valence-corrected chi connectivity index (χ2v) is 5.60. The van der Waals surface area contributed by atoms with E-state index in [2.05, 4.69) is 71.1 Å². The van der Waals surface area contributed by atoms with Crippen LogP contribution < -0.4 is 5.32 Å². The highest BCUT2D eigenvalue weighted by molar-refractivity contribution is 14.0. The van der Waals surface area contributed by atoms with E-state index in [0.717, 1.165) is 32.1 Å². The Morgan fingerprint density at radius 1 is 1.32 bits per heavy atom. The number of aliphatic imine (C=N–C) groups is 1. The molecule has 0 aliphatic rings. The van der Waals surface area contributed by atoms with Gasteiger partial charge in [-0.25, -0.2) is 0 Å². The molecular weight excluding hydrogens is 389 g/mol. The Kier molecular flexibility index (Phi) is 11.4. The molecule has 0 saturated carbocycles. The number of aromatic nitrogens is 1. The molecule has 22 heavy (non-hydrogen) atoms. The second kappa shape index (κ2) is 11.8. The molecule has 0 bridgehead atoms. The van der Waals surface area contributed by atoms with Gasteiger partial charge in [0.2, 0.25) is 0 Å². The lowest BCUT2D eigenvalue weighted by atomic mass is 10.3. The van der Waals surface area contributed by atoms with Crippen molar-refractivity contribution in [3.8, 4) is 0 Å². The maximum atomic E-state index is 4.36. The Hall–Kier alpha value is -0.760. The summed E-state index contributed by atoms with van der Waals surface area (Å²) in [5.74, 6) is 0.945. The molecule has 0 unspecified atom stereocenters. The van der Waals surface area contributed by atoms with Crippen LogP contribution in [-0.2, 0) is 13.6 Å². The summed E-state index contributed by atoms with van der Waals surface area (Å²) >= 11 is 0. The van der Waals surface area contributed by atoms with E-state index in [1.807, 2.05) is 7.05 Å². The van der Waals surface area contributed by atoms with E-state index in [9.17, 15) is 0 Å². The van der Waals surface area contributed by atoms with Crippen LogP contribution in [0, 0.1) is 0 Å². The van der Waals surface area contributed by atoms with Crippen molar-refractivity contribution in [1.82, 2.24) is 19.7 Å². The molecule has 1 rings (SSSR count). The van der Waals surface area contributed by atoms with Crippen molar-refractivity contribution in [2.24, 2.45) is 12.0 Å². The molecule has 1 aromatic rings. The van der Waals surface area contributed by atoms with Gasteiger partial charge in [0.05, 0.1) is 6.54 Å². The van der Waals surface area contributed by atoms with Crippen LogP contribution in [0.5, 0.6) is 0 Å². The molecule has 5 nitrogen and oxygen atoms in total. The lowest BCUT2D eigenvalue weighted by Crippen LogP contribution is -2.42. The SMILES string of the molecule is CCCCN(C)CCNC(=NC)N(C)Cc1cccn1C.I. The largest absolute Gasteiger partial charge is 0.355 e. The summed E-state index contributed by atoms with van der Waals surface area (Å²) in [6, 6.07) is 4.21. The molecule has 0 atom stereocenters. The zero-order chi connectivity index (χ0) is 15.7. The molecule has 0 aliphatic heterocycles. The monoisotopic (exact) mass is 421 g/mol. The van der Waals surface area contributed by atoms with Gasteiger partial charge in [-0.3, -0.25) is 4.99 Å². The Morgan fingerprint density at radius 3 is 2.59 bits per heavy atom. The van der Waals surface area contributed by atoms with Gasteiger partial charge in [-0.1, -0.05) is 13.3 Å². The number of hydrogen-bond donors (Lipinski definition) is 1. The standard InChI is InChI=1S/C16H31N5.HI/c1-6-7-11-19(3)13-10-18-16(17-2)21(5)14-15-9-8-12-20(15)4;/h8-9,12H,6-7,10-11,13-14H2,1-5H3,(H,17,18);1H. The molecule has 0 spiro atoms. The first kappa shape index (κ1) is 21.2.